The van der Waals surface area contributed by atoms with Crippen molar-refractivity contribution in [1.82, 2.24) is 10.3 Å². The highest BCUT2D eigenvalue weighted by Crippen LogP contribution is 2.28. The molecule has 6 nitrogen and oxygen atoms in total. The number of carbonyl (C=O) groups excluding carboxylic acids is 1. The predicted molar refractivity (Wildman–Crippen MR) is 113 cm³/mol. The van der Waals surface area contributed by atoms with Crippen molar-refractivity contribution in [2.45, 2.75) is 69.2 Å². The molecule has 2 aromatic rings. The number of carbonyl (C=O) groups is 1. The van der Waals surface area contributed by atoms with Crippen molar-refractivity contribution in [1.29, 1.82) is 0 Å². The minimum Gasteiger partial charge on any atom is -0.490 e. The molecule has 0 spiro atoms. The summed E-state index contributed by atoms with van der Waals surface area (Å²) in [6.07, 6.45) is 8.20. The molecule has 2 aliphatic carbocycles. The van der Waals surface area contributed by atoms with Crippen LogP contribution < -0.4 is 15.8 Å². The van der Waals surface area contributed by atoms with Crippen LogP contribution in [-0.4, -0.2) is 42.3 Å². The summed E-state index contributed by atoms with van der Waals surface area (Å²) >= 11 is 0. The van der Waals surface area contributed by atoms with Gasteiger partial charge in [-0.05, 0) is 69.2 Å². The summed E-state index contributed by atoms with van der Waals surface area (Å²) in [5, 5.41) is 4.35. The number of nitrogens with two attached hydrogens (primary N) is 1. The molecule has 3 N–H and O–H groups in total. The molecule has 3 atom stereocenters. The lowest BCUT2D eigenvalue weighted by molar-refractivity contribution is -0.128. The summed E-state index contributed by atoms with van der Waals surface area (Å²) in [4.78, 5) is 17.0. The van der Waals surface area contributed by atoms with E-state index in [9.17, 15) is 4.79 Å². The molecule has 0 radical (unpaired) electrons. The van der Waals surface area contributed by atoms with Crippen LogP contribution in [0.2, 0.25) is 0 Å². The van der Waals surface area contributed by atoms with Gasteiger partial charge in [-0.15, -0.1) is 0 Å². The average Bonchev–Trinajstić information content (AvgIpc) is 2.75. The highest BCUT2D eigenvalue weighted by atomic mass is 16.5. The van der Waals surface area contributed by atoms with Crippen molar-refractivity contribution in [2.75, 3.05) is 7.11 Å². The van der Waals surface area contributed by atoms with Gasteiger partial charge in [0.1, 0.15) is 5.75 Å². The maximum absolute atomic E-state index is 12.7. The lowest BCUT2D eigenvalue weighted by atomic mass is 9.83. The predicted octanol–water partition coefficient (Wildman–Crippen LogP) is 3.18. The van der Waals surface area contributed by atoms with E-state index in [0.717, 1.165) is 61.6 Å². The SMILES string of the molecule is CO[C@H]1C[C@@H](C(=O)NC2CCC(Oc3ccc4ncccc4c3)CC2)CC[C@@H]1N. The van der Waals surface area contributed by atoms with Gasteiger partial charge in [-0.1, -0.05) is 6.07 Å². The third-order valence-electron chi connectivity index (χ3n) is 6.41. The van der Waals surface area contributed by atoms with Crippen LogP contribution in [0, 0.1) is 5.92 Å². The lowest BCUT2D eigenvalue weighted by Gasteiger charge is -2.34. The van der Waals surface area contributed by atoms with Crippen molar-refractivity contribution in [3.05, 3.63) is 36.5 Å². The molecule has 1 aromatic carbocycles. The zero-order valence-corrected chi connectivity index (χ0v) is 17.0. The molecular weight excluding hydrogens is 366 g/mol. The van der Waals surface area contributed by atoms with Gasteiger partial charge in [0.2, 0.25) is 5.91 Å². The summed E-state index contributed by atoms with van der Waals surface area (Å²) in [7, 11) is 1.68. The quantitative estimate of drug-likeness (QED) is 0.809. The van der Waals surface area contributed by atoms with E-state index < -0.39 is 0 Å². The Morgan fingerprint density at radius 1 is 1.14 bits per heavy atom. The maximum atomic E-state index is 12.7. The molecule has 6 heteroatoms. The Morgan fingerprint density at radius 2 is 1.97 bits per heavy atom. The number of hydrogen-bond donors (Lipinski definition) is 2. The summed E-state index contributed by atoms with van der Waals surface area (Å²) in [5.41, 5.74) is 7.05. The van der Waals surface area contributed by atoms with Crippen molar-refractivity contribution in [3.63, 3.8) is 0 Å². The van der Waals surface area contributed by atoms with E-state index in [1.165, 1.54) is 0 Å². The van der Waals surface area contributed by atoms with Crippen molar-refractivity contribution < 1.29 is 14.3 Å². The molecule has 1 aromatic heterocycles. The van der Waals surface area contributed by atoms with Crippen molar-refractivity contribution in [2.24, 2.45) is 11.7 Å². The van der Waals surface area contributed by atoms with Crippen molar-refractivity contribution >= 4 is 16.8 Å². The second-order valence-corrected chi connectivity index (χ2v) is 8.41. The Hall–Kier alpha value is -2.18. The van der Waals surface area contributed by atoms with Gasteiger partial charge < -0.3 is 20.5 Å². The number of benzene rings is 1. The van der Waals surface area contributed by atoms with Gasteiger partial charge in [0.25, 0.3) is 0 Å². The average molecular weight is 398 g/mol. The second kappa shape index (κ2) is 9.09. The molecule has 2 saturated carbocycles. The molecule has 0 bridgehead atoms. The van der Waals surface area contributed by atoms with E-state index in [2.05, 4.69) is 16.4 Å². The van der Waals surface area contributed by atoms with Crippen LogP contribution in [0.1, 0.15) is 44.9 Å². The first-order valence-corrected chi connectivity index (χ1v) is 10.7. The van der Waals surface area contributed by atoms with Gasteiger partial charge in [0.05, 0.1) is 17.7 Å². The van der Waals surface area contributed by atoms with E-state index >= 15 is 0 Å². The first-order valence-electron chi connectivity index (χ1n) is 10.7. The molecule has 2 aliphatic rings. The normalized spacial score (nSPS) is 30.1. The van der Waals surface area contributed by atoms with E-state index in [4.69, 9.17) is 15.2 Å². The number of aromatic nitrogens is 1. The molecule has 29 heavy (non-hydrogen) atoms. The zero-order valence-electron chi connectivity index (χ0n) is 17.0. The van der Waals surface area contributed by atoms with Gasteiger partial charge in [-0.2, -0.15) is 0 Å². The number of nitrogens with one attached hydrogen (secondary N) is 1. The number of pyridine rings is 1. The third kappa shape index (κ3) is 4.87. The Kier molecular flexibility index (Phi) is 6.31. The molecule has 1 heterocycles. The summed E-state index contributed by atoms with van der Waals surface area (Å²) in [5.74, 6) is 1.06. The van der Waals surface area contributed by atoms with Gasteiger partial charge in [-0.25, -0.2) is 0 Å². The number of nitrogens with zero attached hydrogens (tertiary/aromatic N) is 1. The fraction of sp³-hybridized carbons (Fsp3) is 0.565. The monoisotopic (exact) mass is 397 g/mol. The molecule has 0 unspecified atom stereocenters. The second-order valence-electron chi connectivity index (χ2n) is 8.41. The van der Waals surface area contributed by atoms with Crippen LogP contribution in [-0.2, 0) is 9.53 Å². The molecule has 2 fully saturated rings. The van der Waals surface area contributed by atoms with Gasteiger partial charge in [-0.3, -0.25) is 9.78 Å². The largest absolute Gasteiger partial charge is 0.490 e. The molecule has 0 aliphatic heterocycles. The van der Waals surface area contributed by atoms with Gasteiger partial charge in [0.15, 0.2) is 0 Å². The number of methoxy groups -OCH3 is 1. The van der Waals surface area contributed by atoms with E-state index in [0.29, 0.717) is 0 Å². The van der Waals surface area contributed by atoms with Gasteiger partial charge >= 0.3 is 0 Å². The fourth-order valence-electron chi connectivity index (χ4n) is 4.63. The number of fused-ring (bicyclic) bond motifs is 1. The van der Waals surface area contributed by atoms with E-state index in [1.807, 2.05) is 24.3 Å². The van der Waals surface area contributed by atoms with Crippen LogP contribution in [0.4, 0.5) is 0 Å². The number of rotatable bonds is 5. The maximum Gasteiger partial charge on any atom is 0.223 e. The molecule has 156 valence electrons. The summed E-state index contributed by atoms with van der Waals surface area (Å²) in [6, 6.07) is 10.3. The zero-order chi connectivity index (χ0) is 20.2. The highest BCUT2D eigenvalue weighted by Gasteiger charge is 2.33. The molecule has 1 amide bonds. The van der Waals surface area contributed by atoms with Crippen molar-refractivity contribution in [3.8, 4) is 5.75 Å². The van der Waals surface area contributed by atoms with E-state index in [1.54, 1.807) is 13.3 Å². The minimum atomic E-state index is -0.0132. The van der Waals surface area contributed by atoms with Gasteiger partial charge in [0, 0.05) is 36.7 Å². The number of ether oxygens (including phenoxy) is 2. The first kappa shape index (κ1) is 20.1. The summed E-state index contributed by atoms with van der Waals surface area (Å²) in [6.45, 7) is 0. The number of amides is 1. The minimum absolute atomic E-state index is 0.0132. The summed E-state index contributed by atoms with van der Waals surface area (Å²) < 4.78 is 11.6. The van der Waals surface area contributed by atoms with Crippen LogP contribution in [0.15, 0.2) is 36.5 Å². The van der Waals surface area contributed by atoms with Crippen LogP contribution in [0.5, 0.6) is 5.75 Å². The van der Waals surface area contributed by atoms with Crippen LogP contribution in [0.3, 0.4) is 0 Å². The Morgan fingerprint density at radius 3 is 2.76 bits per heavy atom. The van der Waals surface area contributed by atoms with Crippen LogP contribution in [0.25, 0.3) is 10.9 Å². The third-order valence-corrected chi connectivity index (χ3v) is 6.41. The number of hydrogen-bond acceptors (Lipinski definition) is 5. The highest BCUT2D eigenvalue weighted by molar-refractivity contribution is 5.80. The molecular formula is C23H31N3O3. The lowest BCUT2D eigenvalue weighted by Crippen LogP contribution is -2.48. The first-order chi connectivity index (χ1) is 14.1. The Bertz CT molecular complexity index is 835. The fourth-order valence-corrected chi connectivity index (χ4v) is 4.63. The Balaban J connectivity index is 1.25. The Labute approximate surface area is 172 Å². The van der Waals surface area contributed by atoms with E-state index in [-0.39, 0.29) is 36.1 Å². The van der Waals surface area contributed by atoms with Crippen LogP contribution >= 0.6 is 0 Å². The molecule has 4 rings (SSSR count). The standard InChI is InChI=1S/C23H31N3O3/c1-28-22-14-16(4-10-20(22)24)23(27)26-17-5-7-18(8-6-17)29-19-9-11-21-15(13-19)3-2-12-25-21/h2-3,9,11-13,16-18,20,22H,4-8,10,14,24H2,1H3,(H,26,27)/t16-,17?,18?,20-,22-/m0/s1. The topological polar surface area (TPSA) is 86.5 Å². The smallest absolute Gasteiger partial charge is 0.223 e. The molecule has 0 saturated heterocycles.